The molecule has 2 fully saturated rings. The second-order valence-electron chi connectivity index (χ2n) is 7.23. The molecule has 24 heavy (non-hydrogen) atoms. The number of amides is 2. The first kappa shape index (κ1) is 15.5. The maximum atomic E-state index is 12.5. The highest BCUT2D eigenvalue weighted by Crippen LogP contribution is 2.36. The van der Waals surface area contributed by atoms with Gasteiger partial charge < -0.3 is 15.5 Å². The Hall–Kier alpha value is -2.04. The summed E-state index contributed by atoms with van der Waals surface area (Å²) in [6.45, 7) is 0.915. The van der Waals surface area contributed by atoms with Gasteiger partial charge in [-0.05, 0) is 50.3 Å². The summed E-state index contributed by atoms with van der Waals surface area (Å²) in [5.74, 6) is 0.0340. The Morgan fingerprint density at radius 3 is 2.71 bits per heavy atom. The first-order valence-corrected chi connectivity index (χ1v) is 9.25. The summed E-state index contributed by atoms with van der Waals surface area (Å²) in [4.78, 5) is 27.1. The summed E-state index contributed by atoms with van der Waals surface area (Å²) in [7, 11) is 0. The van der Waals surface area contributed by atoms with E-state index in [2.05, 4.69) is 15.5 Å². The third kappa shape index (κ3) is 2.87. The van der Waals surface area contributed by atoms with E-state index in [1.807, 2.05) is 18.2 Å². The molecule has 1 saturated heterocycles. The molecule has 0 spiro atoms. The van der Waals surface area contributed by atoms with Crippen LogP contribution in [0.2, 0.25) is 0 Å². The van der Waals surface area contributed by atoms with Crippen molar-refractivity contribution in [3.05, 3.63) is 23.8 Å². The number of carbonyl (C=O) groups is 2. The van der Waals surface area contributed by atoms with Crippen molar-refractivity contribution in [2.75, 3.05) is 16.8 Å². The Balaban J connectivity index is 1.53. The number of hydrogen-bond acceptors (Lipinski definition) is 3. The van der Waals surface area contributed by atoms with Gasteiger partial charge in [-0.2, -0.15) is 0 Å². The minimum atomic E-state index is -0.0480. The Morgan fingerprint density at radius 1 is 1.08 bits per heavy atom. The van der Waals surface area contributed by atoms with Gasteiger partial charge in [-0.25, -0.2) is 0 Å². The fourth-order valence-corrected chi connectivity index (χ4v) is 4.25. The lowest BCUT2D eigenvalue weighted by Crippen LogP contribution is -2.50. The number of nitrogens with zero attached hydrogens (tertiary/aromatic N) is 1. The van der Waals surface area contributed by atoms with Gasteiger partial charge >= 0.3 is 0 Å². The minimum absolute atomic E-state index is 0.0280. The molecule has 1 aromatic rings. The first-order valence-electron chi connectivity index (χ1n) is 9.25. The molecule has 1 aliphatic carbocycles. The van der Waals surface area contributed by atoms with Gasteiger partial charge in [0.25, 0.3) is 5.91 Å². The number of hydrogen-bond donors (Lipinski definition) is 2. The van der Waals surface area contributed by atoms with Gasteiger partial charge in [0.2, 0.25) is 5.91 Å². The molecule has 1 saturated carbocycles. The zero-order valence-electron chi connectivity index (χ0n) is 14.0. The molecule has 1 aromatic carbocycles. The van der Waals surface area contributed by atoms with Crippen molar-refractivity contribution in [2.24, 2.45) is 0 Å². The normalized spacial score (nSPS) is 23.9. The fraction of sp³-hybridized carbons (Fsp3) is 0.579. The third-order valence-electron chi connectivity index (χ3n) is 5.57. The summed E-state index contributed by atoms with van der Waals surface area (Å²) in [6, 6.07) is 5.95. The van der Waals surface area contributed by atoms with E-state index in [1.54, 1.807) is 0 Å². The molecule has 0 aromatic heterocycles. The Bertz CT molecular complexity index is 652. The van der Waals surface area contributed by atoms with Gasteiger partial charge in [0.1, 0.15) is 6.04 Å². The lowest BCUT2D eigenvalue weighted by Gasteiger charge is -2.41. The van der Waals surface area contributed by atoms with Crippen molar-refractivity contribution < 1.29 is 9.59 Å². The molecule has 0 unspecified atom stereocenters. The average molecular weight is 327 g/mol. The van der Waals surface area contributed by atoms with E-state index < -0.39 is 0 Å². The van der Waals surface area contributed by atoms with Gasteiger partial charge in [0, 0.05) is 18.2 Å². The summed E-state index contributed by atoms with van der Waals surface area (Å²) in [6.07, 6.45) is 8.94. The van der Waals surface area contributed by atoms with Crippen LogP contribution in [-0.2, 0) is 4.79 Å². The second kappa shape index (κ2) is 6.46. The summed E-state index contributed by atoms with van der Waals surface area (Å²) >= 11 is 0. The number of fused-ring (bicyclic) bond motifs is 3. The zero-order valence-corrected chi connectivity index (χ0v) is 14.0. The standard InChI is InChI=1S/C19H25N3O2/c23-18(20-14-6-2-1-3-7-14)13-9-10-16-15(12-13)21-19(24)17-8-4-5-11-22(16)17/h9-10,12,14,17H,1-8,11H2,(H,20,23)(H,21,24)/t17-/m1/s1. The van der Waals surface area contributed by atoms with E-state index in [1.165, 1.54) is 19.3 Å². The lowest BCUT2D eigenvalue weighted by molar-refractivity contribution is -0.118. The van der Waals surface area contributed by atoms with Crippen LogP contribution >= 0.6 is 0 Å². The van der Waals surface area contributed by atoms with Crippen LogP contribution in [0.5, 0.6) is 0 Å². The highest BCUT2D eigenvalue weighted by atomic mass is 16.2. The van der Waals surface area contributed by atoms with Crippen LogP contribution in [0, 0.1) is 0 Å². The van der Waals surface area contributed by atoms with E-state index in [0.29, 0.717) is 11.6 Å². The van der Waals surface area contributed by atoms with Crippen LogP contribution in [0.3, 0.4) is 0 Å². The molecule has 3 aliphatic rings. The molecule has 1 atom stereocenters. The van der Waals surface area contributed by atoms with Crippen molar-refractivity contribution in [3.63, 3.8) is 0 Å². The molecule has 5 heteroatoms. The van der Waals surface area contributed by atoms with E-state index in [0.717, 1.165) is 50.0 Å². The average Bonchev–Trinajstić information content (AvgIpc) is 2.62. The SMILES string of the molecule is O=C(NC1CCCCC1)c1ccc2c(c1)NC(=O)[C@H]1CCCCN21. The number of anilines is 2. The summed E-state index contributed by atoms with van der Waals surface area (Å²) < 4.78 is 0. The Labute approximate surface area is 142 Å². The van der Waals surface area contributed by atoms with Crippen molar-refractivity contribution in [3.8, 4) is 0 Å². The van der Waals surface area contributed by atoms with Crippen LogP contribution in [0.25, 0.3) is 0 Å². The smallest absolute Gasteiger partial charge is 0.251 e. The first-order chi connectivity index (χ1) is 11.7. The minimum Gasteiger partial charge on any atom is -0.358 e. The summed E-state index contributed by atoms with van der Waals surface area (Å²) in [5.41, 5.74) is 2.46. The van der Waals surface area contributed by atoms with Gasteiger partial charge in [0.05, 0.1) is 11.4 Å². The highest BCUT2D eigenvalue weighted by molar-refractivity contribution is 6.05. The Morgan fingerprint density at radius 2 is 1.88 bits per heavy atom. The topological polar surface area (TPSA) is 61.4 Å². The molecule has 128 valence electrons. The number of piperidine rings is 1. The van der Waals surface area contributed by atoms with Gasteiger partial charge in [-0.1, -0.05) is 19.3 Å². The Kier molecular flexibility index (Phi) is 4.17. The molecule has 2 N–H and O–H groups in total. The number of benzene rings is 1. The highest BCUT2D eigenvalue weighted by Gasteiger charge is 2.34. The number of rotatable bonds is 2. The van der Waals surface area contributed by atoms with E-state index in [4.69, 9.17) is 0 Å². The molecule has 0 radical (unpaired) electrons. The van der Waals surface area contributed by atoms with Crippen molar-refractivity contribution >= 4 is 23.2 Å². The molecule has 5 nitrogen and oxygen atoms in total. The van der Waals surface area contributed by atoms with Crippen LogP contribution in [-0.4, -0.2) is 30.4 Å². The van der Waals surface area contributed by atoms with Crippen LogP contribution < -0.4 is 15.5 Å². The molecule has 0 bridgehead atoms. The van der Waals surface area contributed by atoms with Gasteiger partial charge in [-0.3, -0.25) is 9.59 Å². The van der Waals surface area contributed by atoms with Crippen molar-refractivity contribution in [1.82, 2.24) is 5.32 Å². The maximum absolute atomic E-state index is 12.5. The largest absolute Gasteiger partial charge is 0.358 e. The van der Waals surface area contributed by atoms with Crippen LogP contribution in [0.4, 0.5) is 11.4 Å². The van der Waals surface area contributed by atoms with Gasteiger partial charge in [0.15, 0.2) is 0 Å². The molecular formula is C19H25N3O2. The van der Waals surface area contributed by atoms with Crippen molar-refractivity contribution in [1.29, 1.82) is 0 Å². The maximum Gasteiger partial charge on any atom is 0.251 e. The number of nitrogens with one attached hydrogen (secondary N) is 2. The second-order valence-corrected chi connectivity index (χ2v) is 7.23. The molecule has 2 aliphatic heterocycles. The molecule has 2 amide bonds. The zero-order chi connectivity index (χ0) is 16.5. The van der Waals surface area contributed by atoms with Crippen LogP contribution in [0.15, 0.2) is 18.2 Å². The van der Waals surface area contributed by atoms with E-state index in [-0.39, 0.29) is 17.9 Å². The monoisotopic (exact) mass is 327 g/mol. The molecule has 4 rings (SSSR count). The molecular weight excluding hydrogens is 302 g/mol. The quantitative estimate of drug-likeness (QED) is 0.877. The predicted molar refractivity (Wildman–Crippen MR) is 94.4 cm³/mol. The molecule has 2 heterocycles. The number of carbonyl (C=O) groups excluding carboxylic acids is 2. The lowest BCUT2D eigenvalue weighted by atomic mass is 9.95. The van der Waals surface area contributed by atoms with Gasteiger partial charge in [-0.15, -0.1) is 0 Å². The third-order valence-corrected chi connectivity index (χ3v) is 5.57. The van der Waals surface area contributed by atoms with E-state index in [9.17, 15) is 9.59 Å². The van der Waals surface area contributed by atoms with E-state index >= 15 is 0 Å². The van der Waals surface area contributed by atoms with Crippen LogP contribution in [0.1, 0.15) is 61.7 Å². The predicted octanol–water partition coefficient (Wildman–Crippen LogP) is 3.06. The fourth-order valence-electron chi connectivity index (χ4n) is 4.25. The van der Waals surface area contributed by atoms with Crippen molar-refractivity contribution in [2.45, 2.75) is 63.5 Å². The summed E-state index contributed by atoms with van der Waals surface area (Å²) in [5, 5.41) is 6.14.